The molecule has 3 aromatic rings. The second kappa shape index (κ2) is 9.60. The lowest BCUT2D eigenvalue weighted by atomic mass is 9.72. The first-order valence-electron chi connectivity index (χ1n) is 10.6. The normalized spacial score (nSPS) is 17.6. The van der Waals surface area contributed by atoms with E-state index in [4.69, 9.17) is 9.47 Å². The number of rotatable bonds is 7. The topological polar surface area (TPSA) is 41.9 Å². The molecular weight excluding hydrogens is 393 g/mol. The molecule has 3 aromatic carbocycles. The van der Waals surface area contributed by atoms with Crippen molar-refractivity contribution in [1.82, 2.24) is 4.90 Å². The van der Waals surface area contributed by atoms with Gasteiger partial charge in [-0.15, -0.1) is 0 Å². The van der Waals surface area contributed by atoms with E-state index in [1.807, 2.05) is 54.6 Å². The number of methoxy groups -OCH3 is 1. The molecular formula is C26H28FNO3. The lowest BCUT2D eigenvalue weighted by molar-refractivity contribution is -0.000159. The zero-order chi connectivity index (χ0) is 21.7. The summed E-state index contributed by atoms with van der Waals surface area (Å²) in [4.78, 5) is 2.31. The van der Waals surface area contributed by atoms with E-state index in [2.05, 4.69) is 4.90 Å². The quantitative estimate of drug-likeness (QED) is 0.621. The predicted octanol–water partition coefficient (Wildman–Crippen LogP) is 4.19. The first-order chi connectivity index (χ1) is 15.1. The summed E-state index contributed by atoms with van der Waals surface area (Å²) in [5.41, 5.74) is 0.860. The van der Waals surface area contributed by atoms with Crippen LogP contribution in [0.15, 0.2) is 78.9 Å². The van der Waals surface area contributed by atoms with Crippen molar-refractivity contribution in [1.29, 1.82) is 0 Å². The summed E-state index contributed by atoms with van der Waals surface area (Å²) >= 11 is 0. The minimum Gasteiger partial charge on any atom is -0.496 e. The van der Waals surface area contributed by atoms with Gasteiger partial charge in [-0.1, -0.05) is 60.7 Å². The maximum absolute atomic E-state index is 13.8. The molecule has 0 aliphatic carbocycles. The minimum atomic E-state index is -1.43. The summed E-state index contributed by atoms with van der Waals surface area (Å²) in [7, 11) is 1.60. The molecule has 162 valence electrons. The van der Waals surface area contributed by atoms with Gasteiger partial charge in [-0.3, -0.25) is 4.90 Å². The van der Waals surface area contributed by atoms with Crippen molar-refractivity contribution < 1.29 is 19.0 Å². The smallest absolute Gasteiger partial charge is 0.126 e. The second-order valence-electron chi connectivity index (χ2n) is 7.85. The van der Waals surface area contributed by atoms with E-state index in [0.29, 0.717) is 36.6 Å². The average Bonchev–Trinajstić information content (AvgIpc) is 2.83. The van der Waals surface area contributed by atoms with E-state index in [0.717, 1.165) is 18.7 Å². The molecule has 1 aliphatic rings. The molecule has 31 heavy (non-hydrogen) atoms. The number of para-hydroxylation sites is 1. The number of morpholine rings is 1. The molecule has 0 aromatic heterocycles. The van der Waals surface area contributed by atoms with Gasteiger partial charge in [0, 0.05) is 31.1 Å². The van der Waals surface area contributed by atoms with Gasteiger partial charge in [-0.25, -0.2) is 4.39 Å². The van der Waals surface area contributed by atoms with Crippen molar-refractivity contribution in [3.8, 4) is 5.75 Å². The Morgan fingerprint density at radius 2 is 1.61 bits per heavy atom. The second-order valence-corrected chi connectivity index (χ2v) is 7.85. The standard InChI is InChI=1S/C26H28FNO3/c1-30-25-10-6-5-9-23(25)26(29,21-11-13-22(27)14-12-21)24(20-7-3-2-4-8-20)19-28-15-17-31-18-16-28/h2-14,24,29H,15-19H2,1H3/t24-,26-/m1/s1. The molecule has 1 saturated heterocycles. The summed E-state index contributed by atoms with van der Waals surface area (Å²) in [6, 6.07) is 23.6. The molecule has 0 amide bonds. The van der Waals surface area contributed by atoms with Crippen LogP contribution in [-0.4, -0.2) is 50.0 Å². The molecule has 0 unspecified atom stereocenters. The Labute approximate surface area is 182 Å². The zero-order valence-corrected chi connectivity index (χ0v) is 17.7. The van der Waals surface area contributed by atoms with Crippen molar-refractivity contribution in [3.63, 3.8) is 0 Å². The monoisotopic (exact) mass is 421 g/mol. The Morgan fingerprint density at radius 1 is 0.968 bits per heavy atom. The van der Waals surface area contributed by atoms with E-state index in [1.165, 1.54) is 12.1 Å². The van der Waals surface area contributed by atoms with Crippen molar-refractivity contribution in [3.05, 3.63) is 101 Å². The van der Waals surface area contributed by atoms with Crippen molar-refractivity contribution in [2.24, 2.45) is 0 Å². The van der Waals surface area contributed by atoms with Gasteiger partial charge in [0.15, 0.2) is 0 Å². The third kappa shape index (κ3) is 4.49. The Morgan fingerprint density at radius 3 is 2.29 bits per heavy atom. The molecule has 0 bridgehead atoms. The minimum absolute atomic E-state index is 0.312. The van der Waals surface area contributed by atoms with Gasteiger partial charge in [-0.05, 0) is 29.3 Å². The predicted molar refractivity (Wildman–Crippen MR) is 119 cm³/mol. The Hall–Kier alpha value is -2.73. The molecule has 0 spiro atoms. The highest BCUT2D eigenvalue weighted by Gasteiger charge is 2.44. The van der Waals surface area contributed by atoms with Crippen LogP contribution in [0.4, 0.5) is 4.39 Å². The first kappa shape index (κ1) is 21.5. The number of hydrogen-bond donors (Lipinski definition) is 1. The summed E-state index contributed by atoms with van der Waals surface area (Å²) in [5.74, 6) is -0.0543. The molecule has 1 heterocycles. The summed E-state index contributed by atoms with van der Waals surface area (Å²) in [5, 5.41) is 12.5. The molecule has 1 aliphatic heterocycles. The van der Waals surface area contributed by atoms with Crippen LogP contribution in [0.1, 0.15) is 22.6 Å². The van der Waals surface area contributed by atoms with Gasteiger partial charge in [0.25, 0.3) is 0 Å². The van der Waals surface area contributed by atoms with Crippen LogP contribution in [0.3, 0.4) is 0 Å². The maximum atomic E-state index is 13.8. The van der Waals surface area contributed by atoms with Gasteiger partial charge in [0.05, 0.1) is 20.3 Å². The van der Waals surface area contributed by atoms with Crippen molar-refractivity contribution in [2.75, 3.05) is 40.0 Å². The number of benzene rings is 3. The molecule has 0 saturated carbocycles. The van der Waals surface area contributed by atoms with Crippen LogP contribution in [0, 0.1) is 5.82 Å². The molecule has 0 radical (unpaired) electrons. The largest absolute Gasteiger partial charge is 0.496 e. The van der Waals surface area contributed by atoms with Gasteiger partial charge in [0.2, 0.25) is 0 Å². The van der Waals surface area contributed by atoms with Gasteiger partial charge in [-0.2, -0.15) is 0 Å². The molecule has 1 fully saturated rings. The van der Waals surface area contributed by atoms with Crippen LogP contribution >= 0.6 is 0 Å². The van der Waals surface area contributed by atoms with Crippen molar-refractivity contribution in [2.45, 2.75) is 11.5 Å². The first-order valence-corrected chi connectivity index (χ1v) is 10.6. The van der Waals surface area contributed by atoms with E-state index in [-0.39, 0.29) is 11.7 Å². The highest BCUT2D eigenvalue weighted by Crippen LogP contribution is 2.46. The van der Waals surface area contributed by atoms with Crippen LogP contribution in [0.2, 0.25) is 0 Å². The lowest BCUT2D eigenvalue weighted by Crippen LogP contribution is -2.45. The fraction of sp³-hybridized carbons (Fsp3) is 0.308. The van der Waals surface area contributed by atoms with Crippen LogP contribution in [-0.2, 0) is 10.3 Å². The highest BCUT2D eigenvalue weighted by atomic mass is 19.1. The van der Waals surface area contributed by atoms with Gasteiger partial charge < -0.3 is 14.6 Å². The van der Waals surface area contributed by atoms with E-state index in [9.17, 15) is 9.50 Å². The third-order valence-electron chi connectivity index (χ3n) is 6.05. The summed E-state index contributed by atoms with van der Waals surface area (Å²) in [6.07, 6.45) is 0. The molecule has 1 N–H and O–H groups in total. The van der Waals surface area contributed by atoms with E-state index >= 15 is 0 Å². The number of aliphatic hydroxyl groups is 1. The zero-order valence-electron chi connectivity index (χ0n) is 17.7. The Balaban J connectivity index is 1.90. The van der Waals surface area contributed by atoms with Crippen LogP contribution in [0.5, 0.6) is 5.75 Å². The third-order valence-corrected chi connectivity index (χ3v) is 6.05. The SMILES string of the molecule is COc1ccccc1[C@](O)(c1ccc(F)cc1)[C@H](CN1CCOCC1)c1ccccc1. The summed E-state index contributed by atoms with van der Waals surface area (Å²) in [6.45, 7) is 3.57. The maximum Gasteiger partial charge on any atom is 0.126 e. The fourth-order valence-corrected chi connectivity index (χ4v) is 4.41. The number of halogens is 1. The lowest BCUT2D eigenvalue weighted by Gasteiger charge is -2.41. The molecule has 4 rings (SSSR count). The van der Waals surface area contributed by atoms with E-state index in [1.54, 1.807) is 19.2 Å². The van der Waals surface area contributed by atoms with Crippen LogP contribution in [0.25, 0.3) is 0 Å². The highest BCUT2D eigenvalue weighted by molar-refractivity contribution is 5.48. The number of ether oxygens (including phenoxy) is 2. The Bertz CT molecular complexity index is 973. The number of nitrogens with zero attached hydrogens (tertiary/aromatic N) is 1. The Kier molecular flexibility index (Phi) is 6.66. The molecule has 2 atom stereocenters. The van der Waals surface area contributed by atoms with Crippen molar-refractivity contribution >= 4 is 0 Å². The van der Waals surface area contributed by atoms with Gasteiger partial charge in [0.1, 0.15) is 17.2 Å². The number of hydrogen-bond acceptors (Lipinski definition) is 4. The van der Waals surface area contributed by atoms with Gasteiger partial charge >= 0.3 is 0 Å². The van der Waals surface area contributed by atoms with E-state index < -0.39 is 5.60 Å². The van der Waals surface area contributed by atoms with Crippen LogP contribution < -0.4 is 4.74 Å². The average molecular weight is 422 g/mol. The molecule has 4 nitrogen and oxygen atoms in total. The molecule has 5 heteroatoms. The summed E-state index contributed by atoms with van der Waals surface area (Å²) < 4.78 is 25.0. The fourth-order valence-electron chi connectivity index (χ4n) is 4.41.